The fourth-order valence-corrected chi connectivity index (χ4v) is 5.06. The Morgan fingerprint density at radius 3 is 2.53 bits per heavy atom. The van der Waals surface area contributed by atoms with Crippen LogP contribution in [-0.2, 0) is 14.3 Å². The summed E-state index contributed by atoms with van der Waals surface area (Å²) in [4.78, 5) is 24.8. The van der Waals surface area contributed by atoms with Gasteiger partial charge in [-0.2, -0.15) is 0 Å². The molecule has 4 rings (SSSR count). The lowest BCUT2D eigenvalue weighted by molar-refractivity contribution is -0.141. The van der Waals surface area contributed by atoms with E-state index < -0.39 is 11.7 Å². The summed E-state index contributed by atoms with van der Waals surface area (Å²) in [5.41, 5.74) is 1.68. The van der Waals surface area contributed by atoms with E-state index in [1.807, 2.05) is 54.6 Å². The largest absolute Gasteiger partial charge is 0.462 e. The average molecular weight is 463 g/mol. The number of carbonyl (C=O) groups is 2. The fraction of sp³-hybridized carbons (Fsp3) is 0.448. The van der Waals surface area contributed by atoms with E-state index >= 15 is 0 Å². The summed E-state index contributed by atoms with van der Waals surface area (Å²) in [5.74, 6) is -0.788. The van der Waals surface area contributed by atoms with Crippen molar-refractivity contribution in [2.24, 2.45) is 11.8 Å². The van der Waals surface area contributed by atoms with E-state index in [4.69, 9.17) is 9.47 Å². The van der Waals surface area contributed by atoms with E-state index in [-0.39, 0.29) is 29.9 Å². The minimum Gasteiger partial charge on any atom is -0.462 e. The van der Waals surface area contributed by atoms with E-state index in [2.05, 4.69) is 6.92 Å². The highest BCUT2D eigenvalue weighted by atomic mass is 16.6. The Morgan fingerprint density at radius 1 is 1.12 bits per heavy atom. The topological polar surface area (TPSA) is 72.8 Å². The molecule has 0 bridgehead atoms. The molecule has 0 unspecified atom stereocenters. The van der Waals surface area contributed by atoms with Crippen molar-refractivity contribution in [1.82, 2.24) is 0 Å². The third-order valence-electron chi connectivity index (χ3n) is 7.00. The number of benzene rings is 2. The lowest BCUT2D eigenvalue weighted by Gasteiger charge is -2.23. The molecule has 2 fully saturated rings. The SMILES string of the molecule is CCCCC[C@](C)(O)C=C[C@@H]1[C@H]2CC(=O)O[C@H]2C[C@H]1OC(=O)c1ccc(-c2ccccc2)cc1. The third kappa shape index (κ3) is 5.76. The summed E-state index contributed by atoms with van der Waals surface area (Å²) >= 11 is 0. The smallest absolute Gasteiger partial charge is 0.338 e. The Labute approximate surface area is 201 Å². The minimum atomic E-state index is -0.932. The van der Waals surface area contributed by atoms with Gasteiger partial charge in [0.15, 0.2) is 0 Å². The molecule has 1 saturated heterocycles. The first kappa shape index (κ1) is 24.2. The molecule has 0 amide bonds. The first-order valence-corrected chi connectivity index (χ1v) is 12.3. The van der Waals surface area contributed by atoms with Crippen LogP contribution in [0.25, 0.3) is 11.1 Å². The van der Waals surface area contributed by atoms with Crippen LogP contribution >= 0.6 is 0 Å². The first-order chi connectivity index (χ1) is 16.4. The zero-order chi connectivity index (χ0) is 24.1. The monoisotopic (exact) mass is 462 g/mol. The molecule has 1 N–H and O–H groups in total. The molecule has 34 heavy (non-hydrogen) atoms. The molecule has 2 aromatic carbocycles. The van der Waals surface area contributed by atoms with Gasteiger partial charge in [0.2, 0.25) is 0 Å². The van der Waals surface area contributed by atoms with Crippen LogP contribution in [0, 0.1) is 11.8 Å². The maximum absolute atomic E-state index is 13.0. The number of carbonyl (C=O) groups excluding carboxylic acids is 2. The highest BCUT2D eigenvalue weighted by molar-refractivity contribution is 5.90. The van der Waals surface area contributed by atoms with Crippen LogP contribution in [0.3, 0.4) is 0 Å². The molecule has 1 aliphatic carbocycles. The summed E-state index contributed by atoms with van der Waals surface area (Å²) in [6, 6.07) is 17.4. The number of fused-ring (bicyclic) bond motifs is 1. The second-order valence-corrected chi connectivity index (χ2v) is 9.77. The van der Waals surface area contributed by atoms with Gasteiger partial charge in [-0.1, -0.05) is 80.8 Å². The van der Waals surface area contributed by atoms with Crippen molar-refractivity contribution < 1.29 is 24.2 Å². The quantitative estimate of drug-likeness (QED) is 0.293. The summed E-state index contributed by atoms with van der Waals surface area (Å²) in [6.07, 6.45) is 7.70. The van der Waals surface area contributed by atoms with E-state index in [0.29, 0.717) is 24.8 Å². The van der Waals surface area contributed by atoms with Crippen molar-refractivity contribution in [3.8, 4) is 11.1 Å². The zero-order valence-corrected chi connectivity index (χ0v) is 20.0. The molecular formula is C29H34O5. The lowest BCUT2D eigenvalue weighted by Crippen LogP contribution is -2.26. The number of unbranched alkanes of at least 4 members (excludes halogenated alkanes) is 2. The maximum atomic E-state index is 13.0. The van der Waals surface area contributed by atoms with Crippen molar-refractivity contribution >= 4 is 11.9 Å². The van der Waals surface area contributed by atoms with Gasteiger partial charge in [0, 0.05) is 18.3 Å². The van der Waals surface area contributed by atoms with Gasteiger partial charge in [-0.25, -0.2) is 4.79 Å². The number of aliphatic hydroxyl groups is 1. The summed E-state index contributed by atoms with van der Waals surface area (Å²) in [6.45, 7) is 3.94. The Kier molecular flexibility index (Phi) is 7.52. The minimum absolute atomic E-state index is 0.0338. The van der Waals surface area contributed by atoms with Crippen LogP contribution in [-0.4, -0.2) is 34.9 Å². The maximum Gasteiger partial charge on any atom is 0.338 e. The summed E-state index contributed by atoms with van der Waals surface area (Å²) in [7, 11) is 0. The van der Waals surface area contributed by atoms with Crippen LogP contribution in [0.1, 0.15) is 62.7 Å². The van der Waals surface area contributed by atoms with Crippen molar-refractivity contribution in [3.05, 3.63) is 72.3 Å². The number of rotatable bonds is 9. The standard InChI is InChI=1S/C29H34O5/c1-3-4-8-16-29(2,32)17-15-23-24-18-27(30)33-26(24)19-25(23)34-28(31)22-13-11-21(12-14-22)20-9-6-5-7-10-20/h5-7,9-15,17,23-26,32H,3-4,8,16,18-19H2,1-2H3/t23-,24-,25-,26+,29+/m1/s1. The van der Waals surface area contributed by atoms with E-state index in [1.165, 1.54) is 0 Å². The van der Waals surface area contributed by atoms with E-state index in [1.54, 1.807) is 19.1 Å². The molecule has 0 spiro atoms. The molecule has 0 radical (unpaired) electrons. The molecule has 0 aromatic heterocycles. The number of hydrogen-bond acceptors (Lipinski definition) is 5. The normalized spacial score (nSPS) is 25.7. The summed E-state index contributed by atoms with van der Waals surface area (Å²) in [5, 5.41) is 10.8. The second-order valence-electron chi connectivity index (χ2n) is 9.77. The van der Waals surface area contributed by atoms with Crippen molar-refractivity contribution in [1.29, 1.82) is 0 Å². The number of esters is 2. The first-order valence-electron chi connectivity index (χ1n) is 12.3. The Morgan fingerprint density at radius 2 is 1.82 bits per heavy atom. The fourth-order valence-electron chi connectivity index (χ4n) is 5.06. The van der Waals surface area contributed by atoms with E-state index in [0.717, 1.165) is 30.4 Å². The zero-order valence-electron chi connectivity index (χ0n) is 20.0. The van der Waals surface area contributed by atoms with Crippen molar-refractivity contribution in [2.45, 2.75) is 70.2 Å². The van der Waals surface area contributed by atoms with Gasteiger partial charge in [0.1, 0.15) is 12.2 Å². The molecule has 5 nitrogen and oxygen atoms in total. The van der Waals surface area contributed by atoms with Crippen molar-refractivity contribution in [3.63, 3.8) is 0 Å². The van der Waals surface area contributed by atoms with Crippen LogP contribution in [0.2, 0.25) is 0 Å². The van der Waals surface area contributed by atoms with Gasteiger partial charge >= 0.3 is 11.9 Å². The van der Waals surface area contributed by atoms with Gasteiger partial charge in [0.25, 0.3) is 0 Å². The molecule has 5 atom stereocenters. The van der Waals surface area contributed by atoms with Gasteiger partial charge in [0.05, 0.1) is 17.6 Å². The lowest BCUT2D eigenvalue weighted by atomic mass is 9.89. The summed E-state index contributed by atoms with van der Waals surface area (Å²) < 4.78 is 11.4. The van der Waals surface area contributed by atoms with Crippen LogP contribution < -0.4 is 0 Å². The van der Waals surface area contributed by atoms with Crippen LogP contribution in [0.5, 0.6) is 0 Å². The second kappa shape index (κ2) is 10.6. The Bertz CT molecular complexity index is 1010. The molecule has 1 heterocycles. The molecule has 180 valence electrons. The predicted molar refractivity (Wildman–Crippen MR) is 131 cm³/mol. The van der Waals surface area contributed by atoms with Gasteiger partial charge in [-0.15, -0.1) is 0 Å². The molecule has 1 aliphatic heterocycles. The van der Waals surface area contributed by atoms with E-state index in [9.17, 15) is 14.7 Å². The highest BCUT2D eigenvalue weighted by Crippen LogP contribution is 2.44. The molecule has 2 aliphatic rings. The van der Waals surface area contributed by atoms with Gasteiger partial charge in [-0.3, -0.25) is 4.79 Å². The predicted octanol–water partition coefficient (Wildman–Crippen LogP) is 5.72. The highest BCUT2D eigenvalue weighted by Gasteiger charge is 2.50. The molecule has 2 aromatic rings. The molecule has 5 heteroatoms. The Balaban J connectivity index is 1.45. The van der Waals surface area contributed by atoms with Gasteiger partial charge in [-0.05, 0) is 36.6 Å². The number of ether oxygens (including phenoxy) is 2. The average Bonchev–Trinajstić information content (AvgIpc) is 3.33. The van der Waals surface area contributed by atoms with Gasteiger partial charge < -0.3 is 14.6 Å². The van der Waals surface area contributed by atoms with Crippen LogP contribution in [0.15, 0.2) is 66.7 Å². The van der Waals surface area contributed by atoms with Crippen LogP contribution in [0.4, 0.5) is 0 Å². The third-order valence-corrected chi connectivity index (χ3v) is 7.00. The number of hydrogen-bond donors (Lipinski definition) is 1. The molecule has 1 saturated carbocycles. The molecular weight excluding hydrogens is 428 g/mol. The Hall–Kier alpha value is -2.92. The van der Waals surface area contributed by atoms with Crippen molar-refractivity contribution in [2.75, 3.05) is 0 Å².